The molecule has 0 bridgehead atoms. The second-order valence-electron chi connectivity index (χ2n) is 1.38. The number of hydrogen-bond donors (Lipinski definition) is 3. The zero-order valence-corrected chi connectivity index (χ0v) is 19.4. The van der Waals surface area contributed by atoms with E-state index in [1.165, 1.54) is 0 Å². The Balaban J connectivity index is -0.0000000216. The summed E-state index contributed by atoms with van der Waals surface area (Å²) in [6.07, 6.45) is 0.631. The second-order valence-corrected chi connectivity index (χ2v) is 4.10. The molecule has 0 radical (unpaired) electrons. The molecule has 0 saturated carbocycles. The largest absolute Gasteiger partial charge is 1.00 e. The van der Waals surface area contributed by atoms with Crippen LogP contribution in [0.2, 0.25) is 0 Å². The van der Waals surface area contributed by atoms with Gasteiger partial charge in [-0.3, -0.25) is 0 Å². The summed E-state index contributed by atoms with van der Waals surface area (Å²) in [4.78, 5) is 28.2. The molecule has 0 rings (SSSR count). The topological polar surface area (TPSA) is 123 Å². The summed E-state index contributed by atoms with van der Waals surface area (Å²) in [6, 6.07) is 0. The number of rotatable bonds is 5. The molecule has 3 N–H and O–H groups in total. The number of phosphoric acid groups is 2. The minimum absolute atomic E-state index is 0. The van der Waals surface area contributed by atoms with Gasteiger partial charge in [0.1, 0.15) is 6.26 Å². The summed E-state index contributed by atoms with van der Waals surface area (Å²) >= 11 is 0. The summed E-state index contributed by atoms with van der Waals surface area (Å²) < 4.78 is 27.3. The summed E-state index contributed by atoms with van der Waals surface area (Å²) in [7, 11) is -9.97. The maximum Gasteiger partial charge on any atom is 1.00 e. The molecule has 0 heterocycles. The van der Waals surface area contributed by atoms with Gasteiger partial charge in [0.25, 0.3) is 0 Å². The summed E-state index contributed by atoms with van der Waals surface area (Å²) in [5, 5.41) is 0. The fraction of sp³-hybridized carbons (Fsp3) is 0. The molecule has 1 unspecified atom stereocenters. The first-order chi connectivity index (χ1) is 5.27. The van der Waals surface area contributed by atoms with Crippen LogP contribution in [0.15, 0.2) is 12.8 Å². The Morgan fingerprint density at radius 2 is 1.44 bits per heavy atom. The van der Waals surface area contributed by atoms with Crippen molar-refractivity contribution < 1.29 is 162 Å². The molecule has 0 fully saturated rings. The van der Waals surface area contributed by atoms with Crippen molar-refractivity contribution in [2.45, 2.75) is 0 Å². The molecule has 0 saturated heterocycles. The van der Waals surface area contributed by atoms with Crippen LogP contribution in [-0.2, 0) is 23.0 Å². The van der Waals surface area contributed by atoms with Crippen molar-refractivity contribution >= 4 is 15.6 Å². The van der Waals surface area contributed by atoms with Crippen LogP contribution in [0.4, 0.5) is 0 Å². The van der Waals surface area contributed by atoms with E-state index < -0.39 is 15.6 Å². The van der Waals surface area contributed by atoms with E-state index in [0.29, 0.717) is 6.26 Å². The van der Waals surface area contributed by atoms with E-state index in [-0.39, 0.29) is 124 Å². The van der Waals surface area contributed by atoms with Gasteiger partial charge in [0.05, 0.1) is 0 Å². The maximum atomic E-state index is 10.4. The van der Waals surface area contributed by atoms with E-state index in [2.05, 4.69) is 20.5 Å². The molecule has 0 aromatic rings. The molecular formula is C2H10Na4O8P2. The average Bonchev–Trinajstić information content (AvgIpc) is 1.78. The van der Waals surface area contributed by atoms with E-state index >= 15 is 0 Å². The van der Waals surface area contributed by atoms with Gasteiger partial charge in [-0.05, 0) is 0 Å². The SMILES string of the molecule is C=COOP(=O)(O)OP(=O)(O)O.[H-].[H-].[H-].[H-].[Na+].[Na+].[Na+].[Na+]. The van der Waals surface area contributed by atoms with E-state index in [4.69, 9.17) is 14.7 Å². The van der Waals surface area contributed by atoms with Crippen LogP contribution in [0.5, 0.6) is 0 Å². The van der Waals surface area contributed by atoms with Crippen LogP contribution < -0.4 is 118 Å². The van der Waals surface area contributed by atoms with Crippen molar-refractivity contribution in [3.05, 3.63) is 12.8 Å². The predicted molar refractivity (Wildman–Crippen MR) is 39.8 cm³/mol. The predicted octanol–water partition coefficient (Wildman–Crippen LogP) is -11.2. The molecule has 0 aromatic carbocycles. The third kappa shape index (κ3) is 22.9. The fourth-order valence-electron chi connectivity index (χ4n) is 0.233. The van der Waals surface area contributed by atoms with Crippen molar-refractivity contribution in [1.29, 1.82) is 0 Å². The first kappa shape index (κ1) is 31.9. The molecule has 0 aliphatic carbocycles. The monoisotopic (exact) mass is 316 g/mol. The third-order valence-electron chi connectivity index (χ3n) is 0.415. The van der Waals surface area contributed by atoms with Crippen LogP contribution in [0.25, 0.3) is 0 Å². The zero-order valence-electron chi connectivity index (χ0n) is 13.6. The van der Waals surface area contributed by atoms with Crippen LogP contribution in [0, 0.1) is 0 Å². The van der Waals surface area contributed by atoms with Crippen LogP contribution in [0.1, 0.15) is 5.71 Å². The number of hydrogen-bond acceptors (Lipinski definition) is 5. The Morgan fingerprint density at radius 1 is 1.06 bits per heavy atom. The van der Waals surface area contributed by atoms with Gasteiger partial charge >= 0.3 is 134 Å². The van der Waals surface area contributed by atoms with Crippen molar-refractivity contribution in [1.82, 2.24) is 0 Å². The minimum atomic E-state index is -5.08. The van der Waals surface area contributed by atoms with Gasteiger partial charge in [0.2, 0.25) is 0 Å². The molecule has 0 aromatic heterocycles. The van der Waals surface area contributed by atoms with Crippen molar-refractivity contribution in [3.63, 3.8) is 0 Å². The van der Waals surface area contributed by atoms with Crippen molar-refractivity contribution in [2.24, 2.45) is 0 Å². The van der Waals surface area contributed by atoms with E-state index in [0.717, 1.165) is 0 Å². The molecule has 0 aliphatic rings. The Morgan fingerprint density at radius 3 is 1.69 bits per heavy atom. The second kappa shape index (κ2) is 15.2. The zero-order chi connectivity index (χ0) is 9.83. The minimum Gasteiger partial charge on any atom is -1.00 e. The normalized spacial score (nSPS) is 12.4. The molecule has 0 amide bonds. The van der Waals surface area contributed by atoms with Gasteiger partial charge in [-0.1, -0.05) is 11.3 Å². The Labute approximate surface area is 187 Å². The van der Waals surface area contributed by atoms with Gasteiger partial charge in [-0.25, -0.2) is 9.13 Å². The van der Waals surface area contributed by atoms with Crippen molar-refractivity contribution in [3.8, 4) is 0 Å². The first-order valence-electron chi connectivity index (χ1n) is 2.32. The Kier molecular flexibility index (Phi) is 30.3. The van der Waals surface area contributed by atoms with Gasteiger partial charge in [0.15, 0.2) is 0 Å². The van der Waals surface area contributed by atoms with E-state index in [1.54, 1.807) is 0 Å². The molecule has 14 heteroatoms. The summed E-state index contributed by atoms with van der Waals surface area (Å²) in [5.74, 6) is 0. The molecule has 80 valence electrons. The smallest absolute Gasteiger partial charge is 1.00 e. The molecule has 8 nitrogen and oxygen atoms in total. The van der Waals surface area contributed by atoms with Gasteiger partial charge < -0.3 is 25.3 Å². The average molecular weight is 316 g/mol. The standard InChI is InChI=1S/C2H6O8P2.4Na.4H/c1-2-8-9-12(6,7)10-11(3,4)5;;;;;;;;/h2H,1H2,(H,6,7)(H2,3,4,5);;;;;;;;/q;4*+1;4*-1. The maximum absolute atomic E-state index is 10.4. The summed E-state index contributed by atoms with van der Waals surface area (Å²) in [6.45, 7) is 2.93. The molecule has 16 heavy (non-hydrogen) atoms. The van der Waals surface area contributed by atoms with Gasteiger partial charge in [-0.2, -0.15) is 4.31 Å². The van der Waals surface area contributed by atoms with Crippen molar-refractivity contribution in [2.75, 3.05) is 0 Å². The van der Waals surface area contributed by atoms with Gasteiger partial charge in [0, 0.05) is 0 Å². The van der Waals surface area contributed by atoms with Crippen LogP contribution in [0.3, 0.4) is 0 Å². The Hall–Kier alpha value is 3.80. The molecule has 0 aliphatic heterocycles. The first-order valence-corrected chi connectivity index (χ1v) is 5.35. The fourth-order valence-corrected chi connectivity index (χ4v) is 1.59. The Bertz CT molecular complexity index is 267. The molecule has 1 atom stereocenters. The quantitative estimate of drug-likeness (QED) is 0.150. The molecule has 0 spiro atoms. The molecular weight excluding hydrogens is 306 g/mol. The summed E-state index contributed by atoms with van der Waals surface area (Å²) in [5.41, 5.74) is 0. The van der Waals surface area contributed by atoms with Crippen LogP contribution >= 0.6 is 15.6 Å². The van der Waals surface area contributed by atoms with E-state index in [9.17, 15) is 9.13 Å². The third-order valence-corrected chi connectivity index (χ3v) is 2.37. The van der Waals surface area contributed by atoms with Gasteiger partial charge in [-0.15, -0.1) is 0 Å². The van der Waals surface area contributed by atoms with E-state index in [1.807, 2.05) is 0 Å². The van der Waals surface area contributed by atoms with Crippen LogP contribution in [-0.4, -0.2) is 14.7 Å².